The summed E-state index contributed by atoms with van der Waals surface area (Å²) >= 11 is 12.6. The molecule has 3 aromatic rings. The Morgan fingerprint density at radius 1 is 1.09 bits per heavy atom. The van der Waals surface area contributed by atoms with Crippen molar-refractivity contribution in [2.75, 3.05) is 7.11 Å². The highest BCUT2D eigenvalue weighted by Crippen LogP contribution is 2.38. The quantitative estimate of drug-likeness (QED) is 0.620. The van der Waals surface area contributed by atoms with Crippen LogP contribution in [-0.2, 0) is 4.74 Å². The molecule has 22 heavy (non-hydrogen) atoms. The molecule has 0 spiro atoms. The third kappa shape index (κ3) is 2.54. The van der Waals surface area contributed by atoms with Crippen molar-refractivity contribution in [3.63, 3.8) is 0 Å². The summed E-state index contributed by atoms with van der Waals surface area (Å²) in [6.45, 7) is 0. The fourth-order valence-electron chi connectivity index (χ4n) is 2.36. The molecule has 1 heterocycles. The Morgan fingerprint density at radius 3 is 2.50 bits per heavy atom. The monoisotopic (exact) mass is 331 g/mol. The molecular formula is C17H11Cl2NO2. The van der Waals surface area contributed by atoms with Crippen molar-refractivity contribution in [2.24, 2.45) is 0 Å². The average molecular weight is 332 g/mol. The van der Waals surface area contributed by atoms with E-state index in [0.29, 0.717) is 15.6 Å². The first-order valence-corrected chi connectivity index (χ1v) is 7.29. The number of methoxy groups -OCH3 is 1. The molecule has 3 rings (SSSR count). The van der Waals surface area contributed by atoms with E-state index in [2.05, 4.69) is 4.98 Å². The summed E-state index contributed by atoms with van der Waals surface area (Å²) in [5, 5.41) is 1.88. The molecular weight excluding hydrogens is 321 g/mol. The van der Waals surface area contributed by atoms with E-state index in [1.54, 1.807) is 42.6 Å². The molecule has 0 aliphatic rings. The van der Waals surface area contributed by atoms with Crippen molar-refractivity contribution in [3.8, 4) is 11.1 Å². The van der Waals surface area contributed by atoms with E-state index in [-0.39, 0.29) is 0 Å². The van der Waals surface area contributed by atoms with Gasteiger partial charge in [0.25, 0.3) is 0 Å². The van der Waals surface area contributed by atoms with Crippen LogP contribution in [0.1, 0.15) is 10.4 Å². The third-order valence-corrected chi connectivity index (χ3v) is 4.02. The fraction of sp³-hybridized carbons (Fsp3) is 0.0588. The number of hydrogen-bond donors (Lipinski definition) is 0. The van der Waals surface area contributed by atoms with Crippen LogP contribution < -0.4 is 0 Å². The second kappa shape index (κ2) is 5.95. The van der Waals surface area contributed by atoms with E-state index in [1.165, 1.54) is 7.11 Å². The van der Waals surface area contributed by atoms with Gasteiger partial charge in [0, 0.05) is 27.2 Å². The highest BCUT2D eigenvalue weighted by Gasteiger charge is 2.14. The summed E-state index contributed by atoms with van der Waals surface area (Å²) in [5.74, 6) is -0.401. The summed E-state index contributed by atoms with van der Waals surface area (Å²) in [6, 6.07) is 12.4. The van der Waals surface area contributed by atoms with Crippen molar-refractivity contribution in [1.82, 2.24) is 4.98 Å². The topological polar surface area (TPSA) is 39.2 Å². The Bertz CT molecular complexity index is 857. The van der Waals surface area contributed by atoms with Crippen LogP contribution in [0.3, 0.4) is 0 Å². The molecule has 0 radical (unpaired) electrons. The van der Waals surface area contributed by atoms with Gasteiger partial charge in [-0.1, -0.05) is 29.3 Å². The molecule has 0 unspecified atom stereocenters. The van der Waals surface area contributed by atoms with Gasteiger partial charge in [0.1, 0.15) is 0 Å². The largest absolute Gasteiger partial charge is 0.465 e. The smallest absolute Gasteiger partial charge is 0.337 e. The van der Waals surface area contributed by atoms with Crippen molar-refractivity contribution in [3.05, 3.63) is 64.3 Å². The predicted octanol–water partition coefficient (Wildman–Crippen LogP) is 5.00. The Labute approximate surface area is 137 Å². The number of hydrogen-bond acceptors (Lipinski definition) is 3. The molecule has 0 saturated heterocycles. The lowest BCUT2D eigenvalue weighted by atomic mass is 9.99. The van der Waals surface area contributed by atoms with Crippen LogP contribution in [0, 0.1) is 0 Å². The van der Waals surface area contributed by atoms with Crippen LogP contribution in [0.4, 0.5) is 0 Å². The molecule has 5 heteroatoms. The summed E-state index contributed by atoms with van der Waals surface area (Å²) in [7, 11) is 1.35. The van der Waals surface area contributed by atoms with Gasteiger partial charge in [0.15, 0.2) is 0 Å². The van der Waals surface area contributed by atoms with Crippen LogP contribution in [-0.4, -0.2) is 18.1 Å². The number of nitrogens with zero attached hydrogens (tertiary/aromatic N) is 1. The number of carbonyl (C=O) groups is 1. The first-order valence-electron chi connectivity index (χ1n) is 6.53. The zero-order valence-corrected chi connectivity index (χ0v) is 13.2. The number of pyridine rings is 1. The number of rotatable bonds is 2. The van der Waals surface area contributed by atoms with E-state index >= 15 is 0 Å². The lowest BCUT2D eigenvalue weighted by molar-refractivity contribution is 0.0601. The van der Waals surface area contributed by atoms with E-state index < -0.39 is 5.97 Å². The zero-order valence-electron chi connectivity index (χ0n) is 11.6. The van der Waals surface area contributed by atoms with Gasteiger partial charge >= 0.3 is 5.97 Å². The van der Waals surface area contributed by atoms with Crippen LogP contribution in [0.5, 0.6) is 0 Å². The Morgan fingerprint density at radius 2 is 1.82 bits per heavy atom. The molecule has 0 fully saturated rings. The highest BCUT2D eigenvalue weighted by atomic mass is 35.5. The molecule has 0 aliphatic carbocycles. The molecule has 0 atom stereocenters. The standard InChI is InChI=1S/C17H11Cl2NO2/c1-22-17(21)10-5-6-15-12(9-10)11(7-8-20-15)16-13(18)3-2-4-14(16)19/h2-9H,1H3. The summed E-state index contributed by atoms with van der Waals surface area (Å²) in [5.41, 5.74) is 2.75. The number of aromatic nitrogens is 1. The average Bonchev–Trinajstić information content (AvgIpc) is 2.53. The Balaban J connectivity index is 2.32. The minimum Gasteiger partial charge on any atom is -0.465 e. The van der Waals surface area contributed by atoms with Gasteiger partial charge in [-0.05, 0) is 42.0 Å². The lowest BCUT2D eigenvalue weighted by Crippen LogP contribution is -2.01. The van der Waals surface area contributed by atoms with Gasteiger partial charge < -0.3 is 4.74 Å². The summed E-state index contributed by atoms with van der Waals surface area (Å²) < 4.78 is 4.77. The number of carbonyl (C=O) groups excluding carboxylic acids is 1. The molecule has 0 aliphatic heterocycles. The lowest BCUT2D eigenvalue weighted by Gasteiger charge is -2.11. The Kier molecular flexibility index (Phi) is 4.01. The molecule has 0 amide bonds. The van der Waals surface area contributed by atoms with Crippen molar-refractivity contribution < 1.29 is 9.53 Å². The molecule has 0 bridgehead atoms. The van der Waals surface area contributed by atoms with Crippen molar-refractivity contribution >= 4 is 40.1 Å². The summed E-state index contributed by atoms with van der Waals surface area (Å²) in [4.78, 5) is 16.1. The van der Waals surface area contributed by atoms with Gasteiger partial charge in [-0.3, -0.25) is 4.98 Å². The van der Waals surface area contributed by atoms with E-state index in [4.69, 9.17) is 27.9 Å². The van der Waals surface area contributed by atoms with Crippen LogP contribution in [0.2, 0.25) is 10.0 Å². The summed E-state index contributed by atoms with van der Waals surface area (Å²) in [6.07, 6.45) is 1.69. The maximum atomic E-state index is 11.7. The van der Waals surface area contributed by atoms with E-state index in [1.807, 2.05) is 6.07 Å². The maximum Gasteiger partial charge on any atom is 0.337 e. The maximum absolute atomic E-state index is 11.7. The first-order chi connectivity index (χ1) is 10.6. The number of benzene rings is 2. The minimum absolute atomic E-state index is 0.401. The van der Waals surface area contributed by atoms with Gasteiger partial charge in [-0.15, -0.1) is 0 Å². The number of esters is 1. The number of halogens is 2. The highest BCUT2D eigenvalue weighted by molar-refractivity contribution is 6.39. The zero-order chi connectivity index (χ0) is 15.7. The molecule has 3 nitrogen and oxygen atoms in total. The van der Waals surface area contributed by atoms with Crippen molar-refractivity contribution in [2.45, 2.75) is 0 Å². The number of fused-ring (bicyclic) bond motifs is 1. The molecule has 0 saturated carbocycles. The molecule has 1 aromatic heterocycles. The van der Waals surface area contributed by atoms with Gasteiger partial charge in [-0.2, -0.15) is 0 Å². The molecule has 2 aromatic carbocycles. The van der Waals surface area contributed by atoms with Gasteiger partial charge in [0.2, 0.25) is 0 Å². The van der Waals surface area contributed by atoms with Crippen LogP contribution >= 0.6 is 23.2 Å². The predicted molar refractivity (Wildman–Crippen MR) is 88.5 cm³/mol. The van der Waals surface area contributed by atoms with E-state index in [9.17, 15) is 4.79 Å². The molecule has 110 valence electrons. The molecule has 0 N–H and O–H groups in total. The SMILES string of the molecule is COC(=O)c1ccc2nccc(-c3c(Cl)cccc3Cl)c2c1. The first kappa shape index (κ1) is 14.8. The Hall–Kier alpha value is -2.10. The normalized spacial score (nSPS) is 10.7. The minimum atomic E-state index is -0.401. The third-order valence-electron chi connectivity index (χ3n) is 3.39. The van der Waals surface area contributed by atoms with Crippen molar-refractivity contribution in [1.29, 1.82) is 0 Å². The van der Waals surface area contributed by atoms with Crippen LogP contribution in [0.25, 0.3) is 22.0 Å². The van der Waals surface area contributed by atoms with Gasteiger partial charge in [-0.25, -0.2) is 4.79 Å². The van der Waals surface area contributed by atoms with E-state index in [0.717, 1.165) is 22.0 Å². The number of ether oxygens (including phenoxy) is 1. The fourth-order valence-corrected chi connectivity index (χ4v) is 2.97. The second-order valence-electron chi connectivity index (χ2n) is 4.68. The van der Waals surface area contributed by atoms with Gasteiger partial charge in [0.05, 0.1) is 18.2 Å². The second-order valence-corrected chi connectivity index (χ2v) is 5.49. The van der Waals surface area contributed by atoms with Crippen LogP contribution in [0.15, 0.2) is 48.7 Å².